The quantitative estimate of drug-likeness (QED) is 0.877. The molecule has 1 heterocycles. The lowest BCUT2D eigenvalue weighted by atomic mass is 10.0. The minimum absolute atomic E-state index is 0.136. The van der Waals surface area contributed by atoms with Gasteiger partial charge in [0.15, 0.2) is 5.76 Å². The Labute approximate surface area is 135 Å². The predicted molar refractivity (Wildman–Crippen MR) is 84.8 cm³/mol. The summed E-state index contributed by atoms with van der Waals surface area (Å²) in [5.41, 5.74) is 1.31. The summed E-state index contributed by atoms with van der Waals surface area (Å²) in [5.74, 6) is 1.37. The largest absolute Gasteiger partial charge is 0.497 e. The number of aromatic nitrogens is 1. The zero-order valence-corrected chi connectivity index (χ0v) is 14.2. The van der Waals surface area contributed by atoms with Gasteiger partial charge in [-0.3, -0.25) is 0 Å². The number of hydrogen-bond acceptors (Lipinski definition) is 5. The molecule has 0 unspecified atom stereocenters. The molecule has 1 atom stereocenters. The Morgan fingerprint density at radius 1 is 1.26 bits per heavy atom. The third kappa shape index (κ3) is 3.25. The summed E-state index contributed by atoms with van der Waals surface area (Å²) >= 11 is 0. The Morgan fingerprint density at radius 3 is 2.39 bits per heavy atom. The highest BCUT2D eigenvalue weighted by Gasteiger charge is 2.37. The number of nitrogens with one attached hydrogen (secondary N) is 1. The minimum Gasteiger partial charge on any atom is -0.497 e. The molecular weight excluding hydrogens is 316 g/mol. The van der Waals surface area contributed by atoms with Crippen molar-refractivity contribution < 1.29 is 17.7 Å². The SMILES string of the molecule is COc1ccc([C@@H](NS(=O)(=O)c2c(C)noc2C)C2CC2)cc1. The molecule has 124 valence electrons. The molecular formula is C16H20N2O4S. The first-order valence-electron chi connectivity index (χ1n) is 7.51. The summed E-state index contributed by atoms with van der Waals surface area (Å²) in [5, 5.41) is 3.73. The van der Waals surface area contributed by atoms with Gasteiger partial charge in [-0.05, 0) is 50.3 Å². The van der Waals surface area contributed by atoms with E-state index in [0.717, 1.165) is 24.2 Å². The molecule has 0 spiro atoms. The van der Waals surface area contributed by atoms with Gasteiger partial charge in [-0.1, -0.05) is 17.3 Å². The summed E-state index contributed by atoms with van der Waals surface area (Å²) in [6.45, 7) is 3.23. The van der Waals surface area contributed by atoms with Crippen molar-refractivity contribution in [2.45, 2.75) is 37.6 Å². The summed E-state index contributed by atoms with van der Waals surface area (Å²) in [4.78, 5) is 0.136. The molecule has 1 fully saturated rings. The Bertz CT molecular complexity index is 772. The molecule has 1 N–H and O–H groups in total. The van der Waals surface area contributed by atoms with Crippen LogP contribution in [0.25, 0.3) is 0 Å². The van der Waals surface area contributed by atoms with E-state index in [1.807, 2.05) is 24.3 Å². The van der Waals surface area contributed by atoms with Gasteiger partial charge in [-0.2, -0.15) is 0 Å². The van der Waals surface area contributed by atoms with Crippen LogP contribution in [0.2, 0.25) is 0 Å². The number of aryl methyl sites for hydroxylation is 2. The Kier molecular flexibility index (Phi) is 4.16. The molecule has 1 aromatic heterocycles. The smallest absolute Gasteiger partial charge is 0.246 e. The van der Waals surface area contributed by atoms with E-state index >= 15 is 0 Å². The monoisotopic (exact) mass is 336 g/mol. The van der Waals surface area contributed by atoms with Crippen molar-refractivity contribution >= 4 is 10.0 Å². The molecule has 23 heavy (non-hydrogen) atoms. The van der Waals surface area contributed by atoms with Crippen LogP contribution >= 0.6 is 0 Å². The molecule has 2 aromatic rings. The molecule has 1 aliphatic carbocycles. The summed E-state index contributed by atoms with van der Waals surface area (Å²) < 4.78 is 38.4. The third-order valence-corrected chi connectivity index (χ3v) is 5.77. The summed E-state index contributed by atoms with van der Waals surface area (Å²) in [6.07, 6.45) is 2.03. The zero-order chi connectivity index (χ0) is 16.6. The lowest BCUT2D eigenvalue weighted by Crippen LogP contribution is -2.30. The van der Waals surface area contributed by atoms with Crippen LogP contribution in [-0.2, 0) is 10.0 Å². The van der Waals surface area contributed by atoms with E-state index in [0.29, 0.717) is 17.4 Å². The minimum atomic E-state index is -3.68. The highest BCUT2D eigenvalue weighted by Crippen LogP contribution is 2.42. The van der Waals surface area contributed by atoms with Crippen molar-refractivity contribution in [2.75, 3.05) is 7.11 Å². The number of sulfonamides is 1. The number of hydrogen-bond donors (Lipinski definition) is 1. The van der Waals surface area contributed by atoms with Crippen LogP contribution < -0.4 is 9.46 Å². The molecule has 0 bridgehead atoms. The van der Waals surface area contributed by atoms with Gasteiger partial charge in [-0.25, -0.2) is 13.1 Å². The second-order valence-corrected chi connectivity index (χ2v) is 7.51. The van der Waals surface area contributed by atoms with Gasteiger partial charge in [0, 0.05) is 6.04 Å². The van der Waals surface area contributed by atoms with Crippen molar-refractivity contribution in [3.63, 3.8) is 0 Å². The molecule has 1 saturated carbocycles. The van der Waals surface area contributed by atoms with Crippen molar-refractivity contribution in [3.8, 4) is 5.75 Å². The molecule has 0 saturated heterocycles. The van der Waals surface area contributed by atoms with Crippen LogP contribution in [0.1, 0.15) is 35.9 Å². The maximum Gasteiger partial charge on any atom is 0.246 e. The molecule has 6 nitrogen and oxygen atoms in total. The van der Waals surface area contributed by atoms with Gasteiger partial charge >= 0.3 is 0 Å². The van der Waals surface area contributed by atoms with Crippen LogP contribution in [0.5, 0.6) is 5.75 Å². The normalized spacial score (nSPS) is 16.3. The predicted octanol–water partition coefficient (Wildman–Crippen LogP) is 2.73. The van der Waals surface area contributed by atoms with E-state index in [-0.39, 0.29) is 10.9 Å². The highest BCUT2D eigenvalue weighted by molar-refractivity contribution is 7.89. The number of rotatable bonds is 6. The van der Waals surface area contributed by atoms with Gasteiger partial charge in [0.25, 0.3) is 0 Å². The molecule has 7 heteroatoms. The van der Waals surface area contributed by atoms with E-state index < -0.39 is 10.0 Å². The first kappa shape index (κ1) is 16.0. The standard InChI is InChI=1S/C16H20N2O4S/c1-10-16(11(2)22-17-10)23(19,20)18-15(12-4-5-12)13-6-8-14(21-3)9-7-13/h6-9,12,15,18H,4-5H2,1-3H3/t15-/m0/s1. The fourth-order valence-corrected chi connectivity index (χ4v) is 4.38. The third-order valence-electron chi connectivity index (χ3n) is 4.09. The molecule has 1 aliphatic rings. The van der Waals surface area contributed by atoms with Crippen LogP contribution in [0.15, 0.2) is 33.7 Å². The first-order chi connectivity index (χ1) is 10.9. The van der Waals surface area contributed by atoms with Gasteiger partial charge in [0.2, 0.25) is 10.0 Å². The second kappa shape index (κ2) is 5.98. The average Bonchev–Trinajstić information content (AvgIpc) is 3.30. The Balaban J connectivity index is 1.90. The Hall–Kier alpha value is -1.86. The van der Waals surface area contributed by atoms with Crippen LogP contribution in [0, 0.1) is 19.8 Å². The van der Waals surface area contributed by atoms with Gasteiger partial charge in [0.05, 0.1) is 7.11 Å². The van der Waals surface area contributed by atoms with Crippen molar-refractivity contribution in [3.05, 3.63) is 41.3 Å². The van der Waals surface area contributed by atoms with Gasteiger partial charge in [-0.15, -0.1) is 0 Å². The van der Waals surface area contributed by atoms with Crippen LogP contribution in [0.4, 0.5) is 0 Å². The zero-order valence-electron chi connectivity index (χ0n) is 13.4. The fourth-order valence-electron chi connectivity index (χ4n) is 2.76. The molecule has 0 amide bonds. The number of benzene rings is 1. The van der Waals surface area contributed by atoms with E-state index in [9.17, 15) is 8.42 Å². The van der Waals surface area contributed by atoms with Crippen LogP contribution in [0.3, 0.4) is 0 Å². The van der Waals surface area contributed by atoms with E-state index in [4.69, 9.17) is 9.26 Å². The van der Waals surface area contributed by atoms with E-state index in [1.54, 1.807) is 21.0 Å². The highest BCUT2D eigenvalue weighted by atomic mass is 32.2. The maximum absolute atomic E-state index is 12.7. The maximum atomic E-state index is 12.7. The van der Waals surface area contributed by atoms with Crippen molar-refractivity contribution in [2.24, 2.45) is 5.92 Å². The second-order valence-electron chi connectivity index (χ2n) is 5.86. The van der Waals surface area contributed by atoms with Gasteiger partial charge < -0.3 is 9.26 Å². The number of methoxy groups -OCH3 is 1. The lowest BCUT2D eigenvalue weighted by molar-refractivity contribution is 0.390. The van der Waals surface area contributed by atoms with E-state index in [1.165, 1.54) is 0 Å². The lowest BCUT2D eigenvalue weighted by Gasteiger charge is -2.19. The molecule has 3 rings (SSSR count). The van der Waals surface area contributed by atoms with Crippen molar-refractivity contribution in [1.82, 2.24) is 9.88 Å². The first-order valence-corrected chi connectivity index (χ1v) is 9.00. The van der Waals surface area contributed by atoms with Crippen molar-refractivity contribution in [1.29, 1.82) is 0 Å². The summed E-state index contributed by atoms with van der Waals surface area (Å²) in [6, 6.07) is 7.23. The molecule has 0 aliphatic heterocycles. The average molecular weight is 336 g/mol. The van der Waals surface area contributed by atoms with Crippen LogP contribution in [-0.4, -0.2) is 20.7 Å². The Morgan fingerprint density at radius 2 is 1.91 bits per heavy atom. The number of nitrogens with zero attached hydrogens (tertiary/aromatic N) is 1. The van der Waals surface area contributed by atoms with Gasteiger partial charge in [0.1, 0.15) is 16.3 Å². The topological polar surface area (TPSA) is 81.4 Å². The fraction of sp³-hybridized carbons (Fsp3) is 0.438. The molecule has 0 radical (unpaired) electrons. The van der Waals surface area contributed by atoms with E-state index in [2.05, 4.69) is 9.88 Å². The summed E-state index contributed by atoms with van der Waals surface area (Å²) in [7, 11) is -2.08. The number of ether oxygens (including phenoxy) is 1. The molecule has 1 aromatic carbocycles.